The molecule has 1 aromatic heterocycles. The predicted molar refractivity (Wildman–Crippen MR) is 75.4 cm³/mol. The lowest BCUT2D eigenvalue weighted by Crippen LogP contribution is -2.28. The van der Waals surface area contributed by atoms with Gasteiger partial charge in [-0.3, -0.25) is 9.36 Å². The summed E-state index contributed by atoms with van der Waals surface area (Å²) in [6.07, 6.45) is 0. The van der Waals surface area contributed by atoms with Gasteiger partial charge < -0.3 is 5.32 Å². The smallest absolute Gasteiger partial charge is 0.254 e. The van der Waals surface area contributed by atoms with Crippen molar-refractivity contribution in [3.05, 3.63) is 28.4 Å². The second kappa shape index (κ2) is 4.23. The summed E-state index contributed by atoms with van der Waals surface area (Å²) < 4.78 is 2.01. The van der Waals surface area contributed by atoms with Gasteiger partial charge in [0.25, 0.3) is 5.91 Å². The number of fused-ring (bicyclic) bond motifs is 2. The molecule has 0 radical (unpaired) electrons. The summed E-state index contributed by atoms with van der Waals surface area (Å²) in [6.45, 7) is 7.95. The molecule has 3 heterocycles. The first-order valence-corrected chi connectivity index (χ1v) is 7.26. The first-order valence-electron chi connectivity index (χ1n) is 6.27. The van der Waals surface area contributed by atoms with E-state index in [2.05, 4.69) is 22.4 Å². The molecule has 19 heavy (non-hydrogen) atoms. The van der Waals surface area contributed by atoms with Crippen LogP contribution in [0.3, 0.4) is 0 Å². The van der Waals surface area contributed by atoms with Crippen LogP contribution in [0.4, 0.5) is 0 Å². The maximum absolute atomic E-state index is 12.4. The van der Waals surface area contributed by atoms with Crippen LogP contribution in [0.15, 0.2) is 16.7 Å². The van der Waals surface area contributed by atoms with E-state index in [0.29, 0.717) is 0 Å². The van der Waals surface area contributed by atoms with Crippen molar-refractivity contribution in [2.24, 2.45) is 0 Å². The molecule has 1 aromatic rings. The van der Waals surface area contributed by atoms with E-state index in [9.17, 15) is 4.79 Å². The topological polar surface area (TPSA) is 59.8 Å². The van der Waals surface area contributed by atoms with Crippen LogP contribution in [0.2, 0.25) is 0 Å². The second-order valence-corrected chi connectivity index (χ2v) is 5.97. The molecule has 0 fully saturated rings. The molecule has 2 aliphatic rings. The molecule has 3 rings (SSSR count). The van der Waals surface area contributed by atoms with Gasteiger partial charge in [0.05, 0.1) is 16.6 Å². The third-order valence-electron chi connectivity index (χ3n) is 3.67. The van der Waals surface area contributed by atoms with Gasteiger partial charge in [-0.15, -0.1) is 22.0 Å². The highest BCUT2D eigenvalue weighted by atomic mass is 32.2. The van der Waals surface area contributed by atoms with Crippen molar-refractivity contribution in [2.45, 2.75) is 33.7 Å². The van der Waals surface area contributed by atoms with Gasteiger partial charge in [0.15, 0.2) is 5.82 Å². The number of carbonyl (C=O) groups excluding carboxylic acids is 1. The largest absolute Gasteiger partial charge is 0.342 e. The number of thioether (sulfide) groups is 1. The molecule has 1 N–H and O–H groups in total. The average Bonchev–Trinajstić information content (AvgIpc) is 2.69. The van der Waals surface area contributed by atoms with Crippen LogP contribution in [-0.4, -0.2) is 26.4 Å². The summed E-state index contributed by atoms with van der Waals surface area (Å²) in [5.74, 6) is 2.52. The molecule has 0 saturated heterocycles. The molecule has 1 amide bonds. The molecular weight excluding hydrogens is 260 g/mol. The first-order chi connectivity index (χ1) is 9.00. The molecule has 0 spiro atoms. The third kappa shape index (κ3) is 1.74. The fourth-order valence-corrected chi connectivity index (χ4v) is 3.73. The molecule has 0 aliphatic carbocycles. The molecule has 1 atom stereocenters. The van der Waals surface area contributed by atoms with Gasteiger partial charge in [0, 0.05) is 5.75 Å². The van der Waals surface area contributed by atoms with Crippen molar-refractivity contribution >= 4 is 22.7 Å². The highest BCUT2D eigenvalue weighted by molar-refractivity contribution is 8.08. The Balaban J connectivity index is 2.31. The van der Waals surface area contributed by atoms with Gasteiger partial charge in [0.1, 0.15) is 5.82 Å². The quantitative estimate of drug-likeness (QED) is 0.787. The highest BCUT2D eigenvalue weighted by Gasteiger charge is 2.32. The highest BCUT2D eigenvalue weighted by Crippen LogP contribution is 2.40. The number of hydrogen-bond acceptors (Lipinski definition) is 4. The standard InChI is InChI=1S/C13H16N4OS/c1-6-5-19-13-10(7(6)2)12(18)14-8(3)11-16-15-9(4)17(11)13/h8H,5H2,1-4H3,(H,14,18). The van der Waals surface area contributed by atoms with Gasteiger partial charge in [-0.05, 0) is 33.3 Å². The number of rotatable bonds is 0. The Morgan fingerprint density at radius 3 is 2.79 bits per heavy atom. The Hall–Kier alpha value is -1.56. The van der Waals surface area contributed by atoms with Crippen molar-refractivity contribution in [3.8, 4) is 0 Å². The minimum atomic E-state index is -0.131. The zero-order valence-corrected chi connectivity index (χ0v) is 12.3. The van der Waals surface area contributed by atoms with Gasteiger partial charge in [-0.1, -0.05) is 5.57 Å². The van der Waals surface area contributed by atoms with Crippen molar-refractivity contribution in [1.82, 2.24) is 20.1 Å². The van der Waals surface area contributed by atoms with Crippen LogP contribution in [0.5, 0.6) is 0 Å². The van der Waals surface area contributed by atoms with Gasteiger partial charge >= 0.3 is 0 Å². The average molecular weight is 276 g/mol. The number of amides is 1. The van der Waals surface area contributed by atoms with Crippen molar-refractivity contribution in [2.75, 3.05) is 5.75 Å². The molecule has 2 aliphatic heterocycles. The Bertz CT molecular complexity index is 641. The lowest BCUT2D eigenvalue weighted by Gasteiger charge is -2.21. The van der Waals surface area contributed by atoms with Crippen LogP contribution in [0.25, 0.3) is 5.03 Å². The minimum absolute atomic E-state index is 0.0172. The fourth-order valence-electron chi connectivity index (χ4n) is 2.42. The molecule has 5 nitrogen and oxygen atoms in total. The first kappa shape index (κ1) is 12.5. The number of hydrogen-bond donors (Lipinski definition) is 1. The summed E-state index contributed by atoms with van der Waals surface area (Å²) in [4.78, 5) is 12.4. The maximum Gasteiger partial charge on any atom is 0.254 e. The minimum Gasteiger partial charge on any atom is -0.342 e. The molecule has 100 valence electrons. The number of carbonyl (C=O) groups is 1. The Labute approximate surface area is 116 Å². The second-order valence-electron chi connectivity index (χ2n) is 5.01. The number of aromatic nitrogens is 3. The number of nitrogens with one attached hydrogen (secondary N) is 1. The third-order valence-corrected chi connectivity index (χ3v) is 4.91. The molecule has 0 saturated carbocycles. The molecule has 0 bridgehead atoms. The zero-order valence-electron chi connectivity index (χ0n) is 11.4. The lowest BCUT2D eigenvalue weighted by atomic mass is 10.0. The Morgan fingerprint density at radius 1 is 1.32 bits per heavy atom. The molecule has 1 unspecified atom stereocenters. The lowest BCUT2D eigenvalue weighted by molar-refractivity contribution is -0.117. The van der Waals surface area contributed by atoms with E-state index < -0.39 is 0 Å². The van der Waals surface area contributed by atoms with Gasteiger partial charge in [0.2, 0.25) is 0 Å². The van der Waals surface area contributed by atoms with E-state index in [1.54, 1.807) is 11.8 Å². The zero-order chi connectivity index (χ0) is 13.7. The van der Waals surface area contributed by atoms with E-state index in [0.717, 1.165) is 33.6 Å². The van der Waals surface area contributed by atoms with Gasteiger partial charge in [-0.25, -0.2) is 0 Å². The summed E-state index contributed by atoms with van der Waals surface area (Å²) in [5.41, 5.74) is 3.09. The van der Waals surface area contributed by atoms with Crippen LogP contribution >= 0.6 is 11.8 Å². The summed E-state index contributed by atoms with van der Waals surface area (Å²) in [5, 5.41) is 12.3. The van der Waals surface area contributed by atoms with Crippen molar-refractivity contribution in [1.29, 1.82) is 0 Å². The van der Waals surface area contributed by atoms with Crippen LogP contribution in [-0.2, 0) is 4.79 Å². The molecular formula is C13H16N4OS. The van der Waals surface area contributed by atoms with E-state index >= 15 is 0 Å². The summed E-state index contributed by atoms with van der Waals surface area (Å²) >= 11 is 1.68. The Kier molecular flexibility index (Phi) is 2.78. The van der Waals surface area contributed by atoms with Crippen LogP contribution < -0.4 is 5.32 Å². The van der Waals surface area contributed by atoms with Gasteiger partial charge in [-0.2, -0.15) is 0 Å². The van der Waals surface area contributed by atoms with Crippen molar-refractivity contribution < 1.29 is 4.79 Å². The maximum atomic E-state index is 12.4. The molecule has 0 aromatic carbocycles. The van der Waals surface area contributed by atoms with E-state index in [1.165, 1.54) is 5.57 Å². The van der Waals surface area contributed by atoms with E-state index in [-0.39, 0.29) is 11.9 Å². The van der Waals surface area contributed by atoms with Crippen LogP contribution in [0, 0.1) is 6.92 Å². The SMILES string of the molecule is CC1=C(C)C2=C(SC1)n1c(C)nnc1C(C)NC2=O. The van der Waals surface area contributed by atoms with E-state index in [4.69, 9.17) is 0 Å². The predicted octanol–water partition coefficient (Wildman–Crippen LogP) is 2.03. The monoisotopic (exact) mass is 276 g/mol. The summed E-state index contributed by atoms with van der Waals surface area (Å²) in [6, 6.07) is -0.131. The fraction of sp³-hybridized carbons (Fsp3) is 0.462. The molecule has 6 heteroatoms. The number of aryl methyl sites for hydroxylation is 1. The summed E-state index contributed by atoms with van der Waals surface area (Å²) in [7, 11) is 0. The Morgan fingerprint density at radius 2 is 2.05 bits per heavy atom. The normalized spacial score (nSPS) is 22.9. The van der Waals surface area contributed by atoms with Crippen LogP contribution in [0.1, 0.15) is 38.5 Å². The number of nitrogens with zero attached hydrogens (tertiary/aromatic N) is 3. The van der Waals surface area contributed by atoms with Crippen molar-refractivity contribution in [3.63, 3.8) is 0 Å². The van der Waals surface area contributed by atoms with E-state index in [1.807, 2.05) is 25.3 Å².